The predicted octanol–water partition coefficient (Wildman–Crippen LogP) is 4.72. The number of phenols is 1. The molecule has 0 bridgehead atoms. The molecule has 1 amide bonds. The van der Waals surface area contributed by atoms with Gasteiger partial charge in [-0.3, -0.25) is 9.59 Å². The average molecular weight is 454 g/mol. The fourth-order valence-electron chi connectivity index (χ4n) is 4.14. The molecule has 1 fully saturated rings. The zero-order valence-electron chi connectivity index (χ0n) is 19.6. The Morgan fingerprint density at radius 2 is 1.82 bits per heavy atom. The van der Waals surface area contributed by atoms with Gasteiger partial charge < -0.3 is 24.6 Å². The van der Waals surface area contributed by atoms with Crippen molar-refractivity contribution in [2.45, 2.75) is 46.1 Å². The topological polar surface area (TPSA) is 96.3 Å². The first-order valence-electron chi connectivity index (χ1n) is 11.2. The number of aryl methyl sites for hydroxylation is 1. The number of hydrogen-bond donors (Lipinski definition) is 2. The second-order valence-corrected chi connectivity index (χ2v) is 8.04. The Hall–Kier alpha value is -3.48. The van der Waals surface area contributed by atoms with Crippen molar-refractivity contribution in [3.8, 4) is 17.2 Å². The van der Waals surface area contributed by atoms with Crippen molar-refractivity contribution in [1.82, 2.24) is 4.90 Å². The number of ketones is 1. The Balaban J connectivity index is 2.16. The lowest BCUT2D eigenvalue weighted by Gasteiger charge is -2.26. The number of unbranched alkanes of at least 4 members (excludes halogenated alkanes) is 2. The fraction of sp³-hybridized carbons (Fsp3) is 0.385. The highest BCUT2D eigenvalue weighted by atomic mass is 16.5. The SMILES string of the molecule is CCCCCN1C(=O)C(=O)/C(=C(\O)c2ccc(OC)c(C)c2)C1c1ccc(O)c(OCC)c1. The Morgan fingerprint density at radius 3 is 2.45 bits per heavy atom. The van der Waals surface area contributed by atoms with Gasteiger partial charge >= 0.3 is 0 Å². The van der Waals surface area contributed by atoms with Crippen molar-refractivity contribution in [2.24, 2.45) is 0 Å². The molecule has 1 aliphatic heterocycles. The van der Waals surface area contributed by atoms with Gasteiger partial charge in [-0.05, 0) is 61.7 Å². The molecule has 2 aromatic carbocycles. The monoisotopic (exact) mass is 453 g/mol. The summed E-state index contributed by atoms with van der Waals surface area (Å²) in [5.41, 5.74) is 1.82. The van der Waals surface area contributed by atoms with Crippen LogP contribution >= 0.6 is 0 Å². The van der Waals surface area contributed by atoms with Gasteiger partial charge in [0.2, 0.25) is 0 Å². The first-order valence-corrected chi connectivity index (χ1v) is 11.2. The number of rotatable bonds is 9. The second kappa shape index (κ2) is 10.4. The van der Waals surface area contributed by atoms with Gasteiger partial charge in [-0.15, -0.1) is 0 Å². The molecule has 7 heteroatoms. The van der Waals surface area contributed by atoms with Crippen LogP contribution in [0.4, 0.5) is 0 Å². The van der Waals surface area contributed by atoms with E-state index in [-0.39, 0.29) is 22.8 Å². The van der Waals surface area contributed by atoms with Crippen LogP contribution in [0, 0.1) is 6.92 Å². The minimum absolute atomic E-state index is 0.0224. The minimum atomic E-state index is -0.788. The number of aliphatic hydroxyl groups is 1. The van der Waals surface area contributed by atoms with Crippen LogP contribution in [0.25, 0.3) is 5.76 Å². The molecule has 1 saturated heterocycles. The third kappa shape index (κ3) is 4.82. The highest BCUT2D eigenvalue weighted by Gasteiger charge is 2.46. The van der Waals surface area contributed by atoms with Crippen LogP contribution in [0.2, 0.25) is 0 Å². The van der Waals surface area contributed by atoms with Crippen LogP contribution in [0.1, 0.15) is 55.8 Å². The molecule has 7 nitrogen and oxygen atoms in total. The van der Waals surface area contributed by atoms with Gasteiger partial charge in [0, 0.05) is 12.1 Å². The molecule has 0 aromatic heterocycles. The summed E-state index contributed by atoms with van der Waals surface area (Å²) in [7, 11) is 1.56. The summed E-state index contributed by atoms with van der Waals surface area (Å²) < 4.78 is 10.8. The lowest BCUT2D eigenvalue weighted by molar-refractivity contribution is -0.139. The van der Waals surface area contributed by atoms with Crippen LogP contribution in [0.15, 0.2) is 42.0 Å². The Morgan fingerprint density at radius 1 is 1.06 bits per heavy atom. The number of nitrogens with zero attached hydrogens (tertiary/aromatic N) is 1. The number of benzene rings is 2. The average Bonchev–Trinajstić information content (AvgIpc) is 3.05. The minimum Gasteiger partial charge on any atom is -0.507 e. The third-order valence-corrected chi connectivity index (χ3v) is 5.81. The summed E-state index contributed by atoms with van der Waals surface area (Å²) in [6.45, 7) is 6.43. The Labute approximate surface area is 194 Å². The van der Waals surface area contributed by atoms with E-state index in [1.807, 2.05) is 6.92 Å². The van der Waals surface area contributed by atoms with Gasteiger partial charge in [-0.25, -0.2) is 0 Å². The van der Waals surface area contributed by atoms with E-state index in [1.54, 1.807) is 44.4 Å². The van der Waals surface area contributed by atoms with Crippen molar-refractivity contribution in [3.63, 3.8) is 0 Å². The summed E-state index contributed by atoms with van der Waals surface area (Å²) in [6.07, 6.45) is 2.61. The molecule has 1 unspecified atom stereocenters. The van der Waals surface area contributed by atoms with Crippen molar-refractivity contribution >= 4 is 17.4 Å². The number of amides is 1. The number of carbonyl (C=O) groups excluding carboxylic acids is 2. The highest BCUT2D eigenvalue weighted by molar-refractivity contribution is 6.46. The van der Waals surface area contributed by atoms with E-state index in [0.29, 0.717) is 30.0 Å². The maximum absolute atomic E-state index is 13.1. The van der Waals surface area contributed by atoms with Crippen LogP contribution in [0.3, 0.4) is 0 Å². The number of hydrogen-bond acceptors (Lipinski definition) is 6. The molecular formula is C26H31NO6. The molecule has 0 radical (unpaired) electrons. The van der Waals surface area contributed by atoms with Crippen molar-refractivity contribution in [2.75, 3.05) is 20.3 Å². The second-order valence-electron chi connectivity index (χ2n) is 8.04. The molecule has 0 saturated carbocycles. The molecule has 1 atom stereocenters. The Bertz CT molecular complexity index is 1070. The summed E-state index contributed by atoms with van der Waals surface area (Å²) in [5.74, 6) is -0.734. The van der Waals surface area contributed by atoms with Crippen molar-refractivity contribution in [1.29, 1.82) is 0 Å². The van der Waals surface area contributed by atoms with Gasteiger partial charge in [0.05, 0.1) is 25.3 Å². The van der Waals surface area contributed by atoms with Crippen molar-refractivity contribution < 1.29 is 29.3 Å². The number of aliphatic hydroxyl groups excluding tert-OH is 1. The zero-order chi connectivity index (χ0) is 24.1. The quantitative estimate of drug-likeness (QED) is 0.247. The van der Waals surface area contributed by atoms with E-state index in [2.05, 4.69) is 6.92 Å². The molecule has 1 aliphatic rings. The number of aromatic hydroxyl groups is 1. The molecule has 176 valence electrons. The van der Waals surface area contributed by atoms with E-state index in [4.69, 9.17) is 9.47 Å². The fourth-order valence-corrected chi connectivity index (χ4v) is 4.14. The maximum Gasteiger partial charge on any atom is 0.295 e. The van der Waals surface area contributed by atoms with Gasteiger partial charge in [0.25, 0.3) is 11.7 Å². The van der Waals surface area contributed by atoms with E-state index in [0.717, 1.165) is 24.8 Å². The lowest BCUT2D eigenvalue weighted by atomic mass is 9.94. The van der Waals surface area contributed by atoms with Crippen molar-refractivity contribution in [3.05, 3.63) is 58.7 Å². The summed E-state index contributed by atoms with van der Waals surface area (Å²) in [6, 6.07) is 9.05. The molecule has 33 heavy (non-hydrogen) atoms. The molecule has 2 N–H and O–H groups in total. The first kappa shape index (κ1) is 24.2. The first-order chi connectivity index (χ1) is 15.8. The number of methoxy groups -OCH3 is 1. The van der Waals surface area contributed by atoms with Crippen LogP contribution in [0.5, 0.6) is 17.2 Å². The highest BCUT2D eigenvalue weighted by Crippen LogP contribution is 2.42. The number of ether oxygens (including phenoxy) is 2. The standard InChI is InChI=1S/C26H31NO6/c1-5-7-8-13-27-23(17-9-11-19(28)21(15-17)33-6-2)22(25(30)26(27)31)24(29)18-10-12-20(32-4)16(3)14-18/h9-12,14-15,23,28-29H,5-8,13H2,1-4H3/b24-22-. The molecule has 2 aromatic rings. The zero-order valence-corrected chi connectivity index (χ0v) is 19.6. The smallest absolute Gasteiger partial charge is 0.295 e. The molecular weight excluding hydrogens is 422 g/mol. The maximum atomic E-state index is 13.1. The largest absolute Gasteiger partial charge is 0.507 e. The van der Waals surface area contributed by atoms with Crippen LogP contribution in [-0.2, 0) is 9.59 Å². The Kier molecular flexibility index (Phi) is 7.63. The number of likely N-dealkylation sites (tertiary alicyclic amines) is 1. The molecule has 3 rings (SSSR count). The van der Waals surface area contributed by atoms with Crippen LogP contribution < -0.4 is 9.47 Å². The molecule has 0 aliphatic carbocycles. The van der Waals surface area contributed by atoms with Gasteiger partial charge in [0.15, 0.2) is 11.5 Å². The summed E-state index contributed by atoms with van der Waals surface area (Å²) in [5, 5.41) is 21.3. The number of carbonyl (C=O) groups is 2. The predicted molar refractivity (Wildman–Crippen MR) is 126 cm³/mol. The molecule has 1 heterocycles. The number of Topliss-reactive ketones (excluding diaryl/α,β-unsaturated/α-hetero) is 1. The van der Waals surface area contributed by atoms with E-state index < -0.39 is 17.7 Å². The third-order valence-electron chi connectivity index (χ3n) is 5.81. The van der Waals surface area contributed by atoms with E-state index >= 15 is 0 Å². The van der Waals surface area contributed by atoms with Gasteiger partial charge in [-0.1, -0.05) is 25.8 Å². The molecule has 0 spiro atoms. The van der Waals surface area contributed by atoms with E-state index in [9.17, 15) is 19.8 Å². The van der Waals surface area contributed by atoms with Crippen LogP contribution in [-0.4, -0.2) is 47.1 Å². The van der Waals surface area contributed by atoms with Gasteiger partial charge in [-0.2, -0.15) is 0 Å². The summed E-state index contributed by atoms with van der Waals surface area (Å²) in [4.78, 5) is 27.6. The van der Waals surface area contributed by atoms with Gasteiger partial charge in [0.1, 0.15) is 11.5 Å². The summed E-state index contributed by atoms with van der Waals surface area (Å²) >= 11 is 0. The lowest BCUT2D eigenvalue weighted by Crippen LogP contribution is -2.30. The number of phenolic OH excluding ortho intramolecular Hbond substituents is 1. The normalized spacial score (nSPS) is 17.5. The van der Waals surface area contributed by atoms with E-state index in [1.165, 1.54) is 11.0 Å².